The van der Waals surface area contributed by atoms with Gasteiger partial charge in [-0.15, -0.1) is 0 Å². The predicted molar refractivity (Wildman–Crippen MR) is 100.0 cm³/mol. The summed E-state index contributed by atoms with van der Waals surface area (Å²) < 4.78 is 45.5. The highest BCUT2D eigenvalue weighted by Gasteiger charge is 2.25. The summed E-state index contributed by atoms with van der Waals surface area (Å²) in [4.78, 5) is 12.5. The van der Waals surface area contributed by atoms with Crippen LogP contribution in [0.4, 0.5) is 10.1 Å². The first-order valence-electron chi connectivity index (χ1n) is 8.12. The molecule has 1 heterocycles. The molecule has 0 aliphatic rings. The molecule has 0 atom stereocenters. The van der Waals surface area contributed by atoms with Crippen molar-refractivity contribution in [1.29, 1.82) is 0 Å². The molecule has 0 aliphatic heterocycles. The van der Waals surface area contributed by atoms with Gasteiger partial charge in [-0.3, -0.25) is 14.6 Å². The van der Waals surface area contributed by atoms with Crippen molar-refractivity contribution in [2.75, 3.05) is 11.8 Å². The number of hydrogen-bond donors (Lipinski definition) is 3. The third-order valence-electron chi connectivity index (χ3n) is 3.80. The van der Waals surface area contributed by atoms with E-state index in [1.165, 1.54) is 19.2 Å². The first kappa shape index (κ1) is 19.4. The maximum Gasteiger partial charge on any atom is 0.279 e. The van der Waals surface area contributed by atoms with Crippen molar-refractivity contribution in [2.24, 2.45) is 0 Å². The van der Waals surface area contributed by atoms with Crippen molar-refractivity contribution < 1.29 is 22.3 Å². The maximum absolute atomic E-state index is 13.0. The Morgan fingerprint density at radius 2 is 1.96 bits per heavy atom. The van der Waals surface area contributed by atoms with Crippen LogP contribution in [0.2, 0.25) is 0 Å². The fourth-order valence-electron chi connectivity index (χ4n) is 2.42. The second kappa shape index (κ2) is 8.09. The Hall–Kier alpha value is -3.40. The third-order valence-corrected chi connectivity index (χ3v) is 5.15. The van der Waals surface area contributed by atoms with Crippen LogP contribution in [0.15, 0.2) is 59.8 Å². The van der Waals surface area contributed by atoms with Gasteiger partial charge in [0.2, 0.25) is 0 Å². The normalized spacial score (nSPS) is 11.1. The standard InChI is InChI=1S/C18H17FN4O4S/c1-27-15-4-2-3-12(9-15)10-20-17(24)16-11-21-22-18(16)28(25,26)23-14-7-5-13(19)6-8-14/h2-9,11,23H,10H2,1H3,(H,20,24)(H,21,22). The number of aromatic amines is 1. The lowest BCUT2D eigenvalue weighted by atomic mass is 10.2. The molecule has 0 saturated carbocycles. The zero-order chi connectivity index (χ0) is 20.1. The van der Waals surface area contributed by atoms with Gasteiger partial charge >= 0.3 is 0 Å². The number of sulfonamides is 1. The summed E-state index contributed by atoms with van der Waals surface area (Å²) >= 11 is 0. The fourth-order valence-corrected chi connectivity index (χ4v) is 3.58. The van der Waals surface area contributed by atoms with Crippen LogP contribution in [0.3, 0.4) is 0 Å². The van der Waals surface area contributed by atoms with Gasteiger partial charge in [0, 0.05) is 12.2 Å². The third kappa shape index (κ3) is 4.46. The van der Waals surface area contributed by atoms with Crippen LogP contribution in [-0.4, -0.2) is 31.6 Å². The lowest BCUT2D eigenvalue weighted by Crippen LogP contribution is -2.25. The van der Waals surface area contributed by atoms with E-state index in [0.717, 1.165) is 23.9 Å². The number of methoxy groups -OCH3 is 1. The Labute approximate surface area is 160 Å². The molecule has 0 bridgehead atoms. The molecule has 3 aromatic rings. The van der Waals surface area contributed by atoms with E-state index in [4.69, 9.17) is 4.74 Å². The van der Waals surface area contributed by atoms with E-state index in [0.29, 0.717) is 5.75 Å². The van der Waals surface area contributed by atoms with Crippen LogP contribution < -0.4 is 14.8 Å². The number of anilines is 1. The second-order valence-electron chi connectivity index (χ2n) is 5.76. The summed E-state index contributed by atoms with van der Waals surface area (Å²) in [7, 11) is -2.59. The molecule has 8 nitrogen and oxygen atoms in total. The Balaban J connectivity index is 1.74. The van der Waals surface area contributed by atoms with Gasteiger partial charge < -0.3 is 10.1 Å². The minimum absolute atomic E-state index is 0.141. The van der Waals surface area contributed by atoms with Gasteiger partial charge in [-0.1, -0.05) is 12.1 Å². The summed E-state index contributed by atoms with van der Waals surface area (Å²) in [5.74, 6) is -0.472. The Morgan fingerprint density at radius 1 is 1.21 bits per heavy atom. The average molecular weight is 404 g/mol. The van der Waals surface area contributed by atoms with Crippen LogP contribution in [0, 0.1) is 5.82 Å². The summed E-state index contributed by atoms with van der Waals surface area (Å²) in [6.45, 7) is 0.173. The molecule has 28 heavy (non-hydrogen) atoms. The van der Waals surface area contributed by atoms with Crippen molar-refractivity contribution in [3.63, 3.8) is 0 Å². The smallest absolute Gasteiger partial charge is 0.279 e. The highest BCUT2D eigenvalue weighted by molar-refractivity contribution is 7.92. The molecule has 10 heteroatoms. The van der Waals surface area contributed by atoms with Crippen molar-refractivity contribution in [3.05, 3.63) is 71.7 Å². The quantitative estimate of drug-likeness (QED) is 0.559. The van der Waals surface area contributed by atoms with Gasteiger partial charge in [0.15, 0.2) is 5.03 Å². The highest BCUT2D eigenvalue weighted by atomic mass is 32.2. The summed E-state index contributed by atoms with van der Waals surface area (Å²) in [5.41, 5.74) is 0.793. The number of benzene rings is 2. The maximum atomic E-state index is 13.0. The first-order valence-corrected chi connectivity index (χ1v) is 9.60. The van der Waals surface area contributed by atoms with E-state index in [1.807, 2.05) is 0 Å². The van der Waals surface area contributed by atoms with E-state index in [1.54, 1.807) is 24.3 Å². The molecule has 146 valence electrons. The second-order valence-corrected chi connectivity index (χ2v) is 7.38. The monoisotopic (exact) mass is 404 g/mol. The number of rotatable bonds is 7. The van der Waals surface area contributed by atoms with Crippen LogP contribution in [0.25, 0.3) is 0 Å². The zero-order valence-electron chi connectivity index (χ0n) is 14.8. The van der Waals surface area contributed by atoms with Crippen molar-refractivity contribution in [1.82, 2.24) is 15.5 Å². The number of halogens is 1. The molecular formula is C18H17FN4O4S. The molecule has 1 aromatic heterocycles. The van der Waals surface area contributed by atoms with Gasteiger partial charge in [0.05, 0.1) is 18.9 Å². The topological polar surface area (TPSA) is 113 Å². The largest absolute Gasteiger partial charge is 0.497 e. The molecule has 0 fully saturated rings. The molecule has 3 rings (SSSR count). The average Bonchev–Trinajstić information content (AvgIpc) is 3.19. The Kier molecular flexibility index (Phi) is 5.59. The number of hydrogen-bond acceptors (Lipinski definition) is 5. The highest BCUT2D eigenvalue weighted by Crippen LogP contribution is 2.18. The number of carbonyl (C=O) groups is 1. The van der Waals surface area contributed by atoms with Gasteiger partial charge in [-0.2, -0.15) is 13.5 Å². The minimum Gasteiger partial charge on any atom is -0.497 e. The lowest BCUT2D eigenvalue weighted by Gasteiger charge is -2.09. The summed E-state index contributed by atoms with van der Waals surface area (Å²) in [6.07, 6.45) is 1.13. The number of aromatic nitrogens is 2. The van der Waals surface area contributed by atoms with E-state index < -0.39 is 21.7 Å². The van der Waals surface area contributed by atoms with Gasteiger partial charge in [-0.05, 0) is 42.0 Å². The van der Waals surface area contributed by atoms with Crippen molar-refractivity contribution in [2.45, 2.75) is 11.6 Å². The van der Waals surface area contributed by atoms with E-state index in [2.05, 4.69) is 20.2 Å². The Morgan fingerprint density at radius 3 is 2.68 bits per heavy atom. The SMILES string of the molecule is COc1cccc(CNC(=O)c2cn[nH]c2S(=O)(=O)Nc2ccc(F)cc2)c1. The van der Waals surface area contributed by atoms with Gasteiger partial charge in [0.25, 0.3) is 15.9 Å². The summed E-state index contributed by atoms with van der Waals surface area (Å²) in [6, 6.07) is 11.9. The predicted octanol–water partition coefficient (Wildman–Crippen LogP) is 2.29. The number of amides is 1. The number of H-pyrrole nitrogens is 1. The van der Waals surface area contributed by atoms with Gasteiger partial charge in [0.1, 0.15) is 11.6 Å². The molecule has 0 spiro atoms. The van der Waals surface area contributed by atoms with Crippen LogP contribution in [-0.2, 0) is 16.6 Å². The number of carbonyl (C=O) groups excluding carboxylic acids is 1. The number of nitrogens with one attached hydrogen (secondary N) is 3. The molecule has 0 unspecified atom stereocenters. The molecule has 0 radical (unpaired) electrons. The molecule has 0 saturated heterocycles. The van der Waals surface area contributed by atoms with E-state index >= 15 is 0 Å². The lowest BCUT2D eigenvalue weighted by molar-refractivity contribution is 0.0947. The zero-order valence-corrected chi connectivity index (χ0v) is 15.6. The van der Waals surface area contributed by atoms with Crippen LogP contribution in [0.5, 0.6) is 5.75 Å². The molecule has 2 aromatic carbocycles. The first-order chi connectivity index (χ1) is 13.4. The Bertz CT molecular complexity index is 1080. The van der Waals surface area contributed by atoms with Gasteiger partial charge in [-0.25, -0.2) is 4.39 Å². The van der Waals surface area contributed by atoms with E-state index in [-0.39, 0.29) is 22.8 Å². The number of nitrogens with zero attached hydrogens (tertiary/aromatic N) is 1. The molecule has 0 aliphatic carbocycles. The van der Waals surface area contributed by atoms with Crippen LogP contribution in [0.1, 0.15) is 15.9 Å². The fraction of sp³-hybridized carbons (Fsp3) is 0.111. The van der Waals surface area contributed by atoms with Crippen molar-refractivity contribution >= 4 is 21.6 Å². The molecular weight excluding hydrogens is 387 g/mol. The molecule has 1 amide bonds. The van der Waals surface area contributed by atoms with Crippen LogP contribution >= 0.6 is 0 Å². The number of ether oxygens (including phenoxy) is 1. The van der Waals surface area contributed by atoms with E-state index in [9.17, 15) is 17.6 Å². The van der Waals surface area contributed by atoms with Crippen molar-refractivity contribution in [3.8, 4) is 5.75 Å². The minimum atomic E-state index is -4.12. The summed E-state index contributed by atoms with van der Waals surface area (Å²) in [5, 5.41) is 8.23. The molecule has 3 N–H and O–H groups in total.